The Morgan fingerprint density at radius 2 is 2.24 bits per heavy atom. The molecule has 0 saturated carbocycles. The smallest absolute Gasteiger partial charge is 0.218 e. The third-order valence-electron chi connectivity index (χ3n) is 3.32. The molecule has 0 aromatic heterocycles. The fraction of sp³-hybridized carbons (Fsp3) is 0.357. The molecule has 0 amide bonds. The summed E-state index contributed by atoms with van der Waals surface area (Å²) in [4.78, 5) is 12.3. The van der Waals surface area contributed by atoms with Gasteiger partial charge in [-0.05, 0) is 23.6 Å². The Hall–Kier alpha value is -1.61. The van der Waals surface area contributed by atoms with Gasteiger partial charge in [0, 0.05) is 13.0 Å². The summed E-state index contributed by atoms with van der Waals surface area (Å²) < 4.78 is 5.35. The van der Waals surface area contributed by atoms with Gasteiger partial charge in [0.15, 0.2) is 5.76 Å². The number of hydrogen-bond acceptors (Lipinski definition) is 3. The van der Waals surface area contributed by atoms with Gasteiger partial charge in [-0.15, -0.1) is 0 Å². The van der Waals surface area contributed by atoms with E-state index in [1.54, 1.807) is 0 Å². The average molecular weight is 229 g/mol. The van der Waals surface area contributed by atoms with E-state index in [0.717, 1.165) is 24.9 Å². The molecule has 1 aromatic carbocycles. The standard InChI is InChI=1S/C14H15NO2/c16-14(12-6-3-9-17-12)13-11-5-2-1-4-10(11)7-8-15-13/h1-2,4-6,13,15H,3,7-9H2. The zero-order valence-electron chi connectivity index (χ0n) is 9.61. The predicted octanol–water partition coefficient (Wildman–Crippen LogP) is 1.75. The summed E-state index contributed by atoms with van der Waals surface area (Å²) in [6.07, 6.45) is 3.72. The monoisotopic (exact) mass is 229 g/mol. The molecule has 0 fully saturated rings. The minimum absolute atomic E-state index is 0.0645. The summed E-state index contributed by atoms with van der Waals surface area (Å²) in [6, 6.07) is 7.90. The van der Waals surface area contributed by atoms with E-state index >= 15 is 0 Å². The van der Waals surface area contributed by atoms with Gasteiger partial charge in [0.05, 0.1) is 6.61 Å². The fourth-order valence-electron chi connectivity index (χ4n) is 2.47. The van der Waals surface area contributed by atoms with Crippen molar-refractivity contribution in [3.8, 4) is 0 Å². The molecule has 1 aromatic rings. The normalized spacial score (nSPS) is 22.6. The van der Waals surface area contributed by atoms with Crippen LogP contribution in [0.3, 0.4) is 0 Å². The topological polar surface area (TPSA) is 38.3 Å². The first-order chi connectivity index (χ1) is 8.36. The average Bonchev–Trinajstić information content (AvgIpc) is 2.91. The number of nitrogens with one attached hydrogen (secondary N) is 1. The SMILES string of the molecule is O=C(C1=CCCO1)C1NCCc2ccccc21. The van der Waals surface area contributed by atoms with Gasteiger partial charge in [-0.1, -0.05) is 24.3 Å². The summed E-state index contributed by atoms with van der Waals surface area (Å²) in [5.74, 6) is 0.592. The number of rotatable bonds is 2. The van der Waals surface area contributed by atoms with Crippen LogP contribution in [0.2, 0.25) is 0 Å². The Balaban J connectivity index is 1.92. The summed E-state index contributed by atoms with van der Waals surface area (Å²) in [6.45, 7) is 1.48. The van der Waals surface area contributed by atoms with Crippen molar-refractivity contribution in [3.63, 3.8) is 0 Å². The maximum Gasteiger partial charge on any atom is 0.218 e. The Morgan fingerprint density at radius 1 is 1.35 bits per heavy atom. The summed E-state index contributed by atoms with van der Waals surface area (Å²) in [7, 11) is 0. The third kappa shape index (κ3) is 1.87. The zero-order chi connectivity index (χ0) is 11.7. The van der Waals surface area contributed by atoms with Crippen LogP contribution in [-0.4, -0.2) is 18.9 Å². The Labute approximate surface area is 100 Å². The molecule has 0 spiro atoms. The highest BCUT2D eigenvalue weighted by Crippen LogP contribution is 2.27. The summed E-state index contributed by atoms with van der Waals surface area (Å²) in [5.41, 5.74) is 2.36. The van der Waals surface area contributed by atoms with Crippen molar-refractivity contribution in [1.29, 1.82) is 0 Å². The third-order valence-corrected chi connectivity index (χ3v) is 3.32. The Bertz CT molecular complexity index is 479. The number of benzene rings is 1. The lowest BCUT2D eigenvalue weighted by molar-refractivity contribution is -0.120. The molecule has 0 aliphatic carbocycles. The van der Waals surface area contributed by atoms with Crippen molar-refractivity contribution >= 4 is 5.78 Å². The van der Waals surface area contributed by atoms with Gasteiger partial charge in [0.1, 0.15) is 6.04 Å². The first-order valence-corrected chi connectivity index (χ1v) is 6.04. The van der Waals surface area contributed by atoms with Crippen LogP contribution in [0.1, 0.15) is 23.6 Å². The first kappa shape index (κ1) is 10.5. The van der Waals surface area contributed by atoms with Gasteiger partial charge in [-0.25, -0.2) is 0 Å². The maximum atomic E-state index is 12.3. The second-order valence-electron chi connectivity index (χ2n) is 4.41. The quantitative estimate of drug-likeness (QED) is 0.839. The molecule has 3 nitrogen and oxygen atoms in total. The minimum Gasteiger partial charge on any atom is -0.490 e. The van der Waals surface area contributed by atoms with Gasteiger partial charge in [-0.2, -0.15) is 0 Å². The number of carbonyl (C=O) groups excluding carboxylic acids is 1. The van der Waals surface area contributed by atoms with Crippen LogP contribution in [-0.2, 0) is 16.0 Å². The van der Waals surface area contributed by atoms with Crippen LogP contribution in [0, 0.1) is 0 Å². The van der Waals surface area contributed by atoms with E-state index in [2.05, 4.69) is 11.4 Å². The van der Waals surface area contributed by atoms with E-state index in [1.807, 2.05) is 24.3 Å². The van der Waals surface area contributed by atoms with Crippen molar-refractivity contribution in [2.75, 3.05) is 13.2 Å². The van der Waals surface area contributed by atoms with Crippen LogP contribution in [0.15, 0.2) is 36.1 Å². The van der Waals surface area contributed by atoms with Gasteiger partial charge in [0.25, 0.3) is 0 Å². The van der Waals surface area contributed by atoms with Crippen molar-refractivity contribution < 1.29 is 9.53 Å². The molecule has 1 atom stereocenters. The van der Waals surface area contributed by atoms with Crippen LogP contribution < -0.4 is 5.32 Å². The summed E-state index contributed by atoms with van der Waals surface area (Å²) >= 11 is 0. The molecular weight excluding hydrogens is 214 g/mol. The fourth-order valence-corrected chi connectivity index (χ4v) is 2.47. The second kappa shape index (κ2) is 4.34. The molecule has 0 saturated heterocycles. The minimum atomic E-state index is -0.232. The Kier molecular flexibility index (Phi) is 2.69. The van der Waals surface area contributed by atoms with Gasteiger partial charge >= 0.3 is 0 Å². The van der Waals surface area contributed by atoms with E-state index in [-0.39, 0.29) is 11.8 Å². The first-order valence-electron chi connectivity index (χ1n) is 6.04. The van der Waals surface area contributed by atoms with Gasteiger partial charge in [0.2, 0.25) is 5.78 Å². The molecule has 0 bridgehead atoms. The number of ketones is 1. The molecule has 17 heavy (non-hydrogen) atoms. The molecule has 0 radical (unpaired) electrons. The molecule has 2 aliphatic rings. The van der Waals surface area contributed by atoms with Crippen LogP contribution in [0.4, 0.5) is 0 Å². The van der Waals surface area contributed by atoms with Gasteiger partial charge < -0.3 is 10.1 Å². The molecule has 3 heteroatoms. The number of Topliss-reactive ketones (excluding diaryl/α,β-unsaturated/α-hetero) is 1. The van der Waals surface area contributed by atoms with Crippen molar-refractivity contribution in [1.82, 2.24) is 5.32 Å². The van der Waals surface area contributed by atoms with Crippen LogP contribution in [0.5, 0.6) is 0 Å². The van der Waals surface area contributed by atoms with E-state index < -0.39 is 0 Å². The van der Waals surface area contributed by atoms with Crippen molar-refractivity contribution in [2.45, 2.75) is 18.9 Å². The largest absolute Gasteiger partial charge is 0.490 e. The van der Waals surface area contributed by atoms with Crippen molar-refractivity contribution in [2.24, 2.45) is 0 Å². The summed E-state index contributed by atoms with van der Waals surface area (Å²) in [5, 5.41) is 3.28. The van der Waals surface area contributed by atoms with Crippen molar-refractivity contribution in [3.05, 3.63) is 47.2 Å². The lowest BCUT2D eigenvalue weighted by Gasteiger charge is -2.25. The van der Waals surface area contributed by atoms with E-state index in [4.69, 9.17) is 4.74 Å². The molecule has 1 unspecified atom stereocenters. The molecule has 2 heterocycles. The van der Waals surface area contributed by atoms with E-state index in [1.165, 1.54) is 5.56 Å². The van der Waals surface area contributed by atoms with Crippen LogP contribution >= 0.6 is 0 Å². The van der Waals surface area contributed by atoms with Crippen LogP contribution in [0.25, 0.3) is 0 Å². The molecular formula is C14H15NO2. The molecule has 1 N–H and O–H groups in total. The van der Waals surface area contributed by atoms with E-state index in [9.17, 15) is 4.79 Å². The second-order valence-corrected chi connectivity index (χ2v) is 4.41. The highest BCUT2D eigenvalue weighted by molar-refractivity contribution is 5.99. The molecule has 2 aliphatic heterocycles. The number of ether oxygens (including phenoxy) is 1. The predicted molar refractivity (Wildman–Crippen MR) is 64.5 cm³/mol. The highest BCUT2D eigenvalue weighted by atomic mass is 16.5. The zero-order valence-corrected chi connectivity index (χ0v) is 9.61. The maximum absolute atomic E-state index is 12.3. The molecule has 88 valence electrons. The Morgan fingerprint density at radius 3 is 3.06 bits per heavy atom. The number of fused-ring (bicyclic) bond motifs is 1. The highest BCUT2D eigenvalue weighted by Gasteiger charge is 2.29. The lowest BCUT2D eigenvalue weighted by atomic mass is 9.91. The molecule has 3 rings (SSSR count). The van der Waals surface area contributed by atoms with E-state index in [0.29, 0.717) is 12.4 Å². The van der Waals surface area contributed by atoms with Gasteiger partial charge in [-0.3, -0.25) is 4.79 Å². The number of carbonyl (C=O) groups is 1. The number of hydrogen-bond donors (Lipinski definition) is 1. The lowest BCUT2D eigenvalue weighted by Crippen LogP contribution is -2.35.